The number of nitrogens with one attached hydrogen (secondary N) is 2. The number of aliphatic carboxylic acids is 1. The van der Waals surface area contributed by atoms with Crippen LogP contribution in [0.25, 0.3) is 0 Å². The van der Waals surface area contributed by atoms with Gasteiger partial charge in [0.15, 0.2) is 0 Å². The summed E-state index contributed by atoms with van der Waals surface area (Å²) < 4.78 is 0. The van der Waals surface area contributed by atoms with Crippen LogP contribution in [0.4, 0.5) is 4.79 Å². The van der Waals surface area contributed by atoms with E-state index in [1.54, 1.807) is 12.4 Å². The van der Waals surface area contributed by atoms with E-state index in [1.165, 1.54) is 6.92 Å². The maximum Gasteiger partial charge on any atom is 0.325 e. The van der Waals surface area contributed by atoms with Gasteiger partial charge in [-0.05, 0) is 25.0 Å². The maximum atomic E-state index is 11.2. The molecule has 1 aromatic rings. The second kappa shape index (κ2) is 6.47. The Bertz CT molecular complexity index is 381. The van der Waals surface area contributed by atoms with Gasteiger partial charge in [-0.25, -0.2) is 4.79 Å². The monoisotopic (exact) mass is 237 g/mol. The number of hydrogen-bond donors (Lipinski definition) is 3. The van der Waals surface area contributed by atoms with Crippen LogP contribution in [-0.4, -0.2) is 34.7 Å². The van der Waals surface area contributed by atoms with Crippen LogP contribution < -0.4 is 10.6 Å². The molecule has 92 valence electrons. The van der Waals surface area contributed by atoms with Crippen molar-refractivity contribution in [3.63, 3.8) is 0 Å². The van der Waals surface area contributed by atoms with E-state index in [0.29, 0.717) is 13.0 Å². The van der Waals surface area contributed by atoms with E-state index >= 15 is 0 Å². The number of rotatable bonds is 5. The quantitative estimate of drug-likeness (QED) is 0.691. The average Bonchev–Trinajstić information content (AvgIpc) is 2.30. The van der Waals surface area contributed by atoms with Gasteiger partial charge in [-0.2, -0.15) is 0 Å². The van der Waals surface area contributed by atoms with Crippen LogP contribution in [0.3, 0.4) is 0 Å². The molecule has 1 aromatic heterocycles. The molecule has 3 N–H and O–H groups in total. The SMILES string of the molecule is CC(NC(=O)NCCc1cccnc1)C(=O)O. The number of hydrogen-bond acceptors (Lipinski definition) is 3. The van der Waals surface area contributed by atoms with E-state index in [1.807, 2.05) is 12.1 Å². The van der Waals surface area contributed by atoms with Crippen LogP contribution >= 0.6 is 0 Å². The molecule has 0 aliphatic heterocycles. The summed E-state index contributed by atoms with van der Waals surface area (Å²) in [5.74, 6) is -1.06. The lowest BCUT2D eigenvalue weighted by atomic mass is 10.2. The predicted molar refractivity (Wildman–Crippen MR) is 61.6 cm³/mol. The van der Waals surface area contributed by atoms with E-state index < -0.39 is 18.0 Å². The molecule has 6 nitrogen and oxygen atoms in total. The fourth-order valence-corrected chi connectivity index (χ4v) is 1.18. The van der Waals surface area contributed by atoms with Crippen LogP contribution in [0.5, 0.6) is 0 Å². The smallest absolute Gasteiger partial charge is 0.325 e. The number of pyridine rings is 1. The first-order chi connectivity index (χ1) is 8.09. The maximum absolute atomic E-state index is 11.2. The van der Waals surface area contributed by atoms with Crippen LogP contribution in [0.2, 0.25) is 0 Å². The molecule has 1 atom stereocenters. The molecule has 0 aliphatic rings. The fraction of sp³-hybridized carbons (Fsp3) is 0.364. The summed E-state index contributed by atoms with van der Waals surface area (Å²) in [6, 6.07) is 2.35. The third kappa shape index (κ3) is 4.96. The lowest BCUT2D eigenvalue weighted by molar-refractivity contribution is -0.138. The molecule has 0 aliphatic carbocycles. The molecular weight excluding hydrogens is 222 g/mol. The Kier molecular flexibility index (Phi) is 4.93. The first kappa shape index (κ1) is 13.0. The largest absolute Gasteiger partial charge is 0.480 e. The van der Waals surface area contributed by atoms with E-state index in [-0.39, 0.29) is 0 Å². The Hall–Kier alpha value is -2.11. The minimum atomic E-state index is -1.06. The minimum Gasteiger partial charge on any atom is -0.480 e. The molecule has 1 heterocycles. The summed E-state index contributed by atoms with van der Waals surface area (Å²) >= 11 is 0. The van der Waals surface area contributed by atoms with Gasteiger partial charge in [-0.3, -0.25) is 9.78 Å². The first-order valence-electron chi connectivity index (χ1n) is 5.25. The molecule has 0 saturated heterocycles. The number of carbonyl (C=O) groups is 2. The highest BCUT2D eigenvalue weighted by Crippen LogP contribution is 1.95. The molecule has 17 heavy (non-hydrogen) atoms. The van der Waals surface area contributed by atoms with Crippen molar-refractivity contribution in [3.8, 4) is 0 Å². The molecule has 1 rings (SSSR count). The zero-order valence-corrected chi connectivity index (χ0v) is 9.51. The van der Waals surface area contributed by atoms with Gasteiger partial charge < -0.3 is 15.7 Å². The van der Waals surface area contributed by atoms with E-state index in [9.17, 15) is 9.59 Å². The Morgan fingerprint density at radius 2 is 2.29 bits per heavy atom. The van der Waals surface area contributed by atoms with Gasteiger partial charge in [-0.15, -0.1) is 0 Å². The van der Waals surface area contributed by atoms with Crippen molar-refractivity contribution in [2.75, 3.05) is 6.54 Å². The van der Waals surface area contributed by atoms with Gasteiger partial charge >= 0.3 is 12.0 Å². The molecular formula is C11H15N3O3. The van der Waals surface area contributed by atoms with Gasteiger partial charge in [0, 0.05) is 18.9 Å². The van der Waals surface area contributed by atoms with E-state index in [2.05, 4.69) is 15.6 Å². The third-order valence-corrected chi connectivity index (χ3v) is 2.14. The number of amides is 2. The fourth-order valence-electron chi connectivity index (χ4n) is 1.18. The zero-order valence-electron chi connectivity index (χ0n) is 9.51. The zero-order chi connectivity index (χ0) is 12.7. The number of nitrogens with zero attached hydrogens (tertiary/aromatic N) is 1. The van der Waals surface area contributed by atoms with Crippen LogP contribution in [-0.2, 0) is 11.2 Å². The molecule has 2 amide bonds. The normalized spacial score (nSPS) is 11.6. The van der Waals surface area contributed by atoms with Crippen molar-refractivity contribution >= 4 is 12.0 Å². The number of carboxylic acids is 1. The Labute approximate surface area is 99.1 Å². The van der Waals surface area contributed by atoms with Crippen LogP contribution in [0.1, 0.15) is 12.5 Å². The second-order valence-electron chi connectivity index (χ2n) is 3.57. The van der Waals surface area contributed by atoms with Crippen LogP contribution in [0.15, 0.2) is 24.5 Å². The average molecular weight is 237 g/mol. The molecule has 0 aromatic carbocycles. The summed E-state index contributed by atoms with van der Waals surface area (Å²) in [5.41, 5.74) is 1.01. The number of carbonyl (C=O) groups excluding carboxylic acids is 1. The van der Waals surface area contributed by atoms with E-state index in [0.717, 1.165) is 5.56 Å². The minimum absolute atomic E-state index is 0.434. The molecule has 0 saturated carbocycles. The highest BCUT2D eigenvalue weighted by molar-refractivity contribution is 5.82. The van der Waals surface area contributed by atoms with Gasteiger partial charge in [0.25, 0.3) is 0 Å². The Morgan fingerprint density at radius 1 is 1.53 bits per heavy atom. The van der Waals surface area contributed by atoms with Gasteiger partial charge in [0.1, 0.15) is 6.04 Å². The van der Waals surface area contributed by atoms with Crippen molar-refractivity contribution in [2.24, 2.45) is 0 Å². The molecule has 0 bridgehead atoms. The number of aromatic nitrogens is 1. The highest BCUT2D eigenvalue weighted by Gasteiger charge is 2.12. The van der Waals surface area contributed by atoms with Gasteiger partial charge in [0.2, 0.25) is 0 Å². The summed E-state index contributed by atoms with van der Waals surface area (Å²) in [5, 5.41) is 13.5. The van der Waals surface area contributed by atoms with Crippen molar-refractivity contribution in [2.45, 2.75) is 19.4 Å². The molecule has 0 radical (unpaired) electrons. The standard InChI is InChI=1S/C11H15N3O3/c1-8(10(15)16)14-11(17)13-6-4-9-3-2-5-12-7-9/h2-3,5,7-8H,4,6H2,1H3,(H,15,16)(H2,13,14,17). The molecule has 1 unspecified atom stereocenters. The highest BCUT2D eigenvalue weighted by atomic mass is 16.4. The number of urea groups is 1. The Balaban J connectivity index is 2.23. The van der Waals surface area contributed by atoms with E-state index in [4.69, 9.17) is 5.11 Å². The van der Waals surface area contributed by atoms with Crippen molar-refractivity contribution in [1.82, 2.24) is 15.6 Å². The van der Waals surface area contributed by atoms with Crippen LogP contribution in [0, 0.1) is 0 Å². The molecule has 6 heteroatoms. The summed E-state index contributed by atoms with van der Waals surface area (Å²) in [7, 11) is 0. The third-order valence-electron chi connectivity index (χ3n) is 2.14. The lowest BCUT2D eigenvalue weighted by Crippen LogP contribution is -2.44. The molecule has 0 fully saturated rings. The summed E-state index contributed by atoms with van der Waals surface area (Å²) in [4.78, 5) is 25.7. The lowest BCUT2D eigenvalue weighted by Gasteiger charge is -2.10. The van der Waals surface area contributed by atoms with Crippen molar-refractivity contribution in [1.29, 1.82) is 0 Å². The second-order valence-corrected chi connectivity index (χ2v) is 3.57. The van der Waals surface area contributed by atoms with Gasteiger partial charge in [-0.1, -0.05) is 6.07 Å². The number of carboxylic acid groups (broad SMARTS) is 1. The topological polar surface area (TPSA) is 91.3 Å². The first-order valence-corrected chi connectivity index (χ1v) is 5.25. The summed E-state index contributed by atoms with van der Waals surface area (Å²) in [6.45, 7) is 1.84. The van der Waals surface area contributed by atoms with Crippen molar-refractivity contribution < 1.29 is 14.7 Å². The summed E-state index contributed by atoms with van der Waals surface area (Å²) in [6.07, 6.45) is 4.06. The molecule has 0 spiro atoms. The Morgan fingerprint density at radius 3 is 2.88 bits per heavy atom. The van der Waals surface area contributed by atoms with Gasteiger partial charge in [0.05, 0.1) is 0 Å². The predicted octanol–water partition coefficient (Wildman–Crippen LogP) is 0.396. The van der Waals surface area contributed by atoms with Crippen molar-refractivity contribution in [3.05, 3.63) is 30.1 Å².